The van der Waals surface area contributed by atoms with E-state index in [9.17, 15) is 4.79 Å². The molecule has 0 radical (unpaired) electrons. The lowest BCUT2D eigenvalue weighted by atomic mass is 9.67. The van der Waals surface area contributed by atoms with Gasteiger partial charge in [0.2, 0.25) is 0 Å². The average Bonchev–Trinajstić information content (AvgIpc) is 3.39. The number of carbonyl (C=O) groups is 1. The summed E-state index contributed by atoms with van der Waals surface area (Å²) in [4.78, 5) is 17.4. The number of halogens is 1. The molecule has 0 aliphatic heterocycles. The van der Waals surface area contributed by atoms with Gasteiger partial charge in [0.15, 0.2) is 5.82 Å². The van der Waals surface area contributed by atoms with Crippen LogP contribution in [0.4, 0.5) is 0 Å². The van der Waals surface area contributed by atoms with E-state index in [1.54, 1.807) is 0 Å². The molecule has 7 heteroatoms. The molecule has 2 aromatic rings. The zero-order valence-electron chi connectivity index (χ0n) is 15.9. The lowest BCUT2D eigenvalue weighted by Gasteiger charge is -2.45. The zero-order valence-corrected chi connectivity index (χ0v) is 16.8. The normalized spacial score (nSPS) is 29.0. The first kappa shape index (κ1) is 19.4. The van der Waals surface area contributed by atoms with E-state index in [1.807, 2.05) is 24.3 Å². The van der Waals surface area contributed by atoms with Crippen molar-refractivity contribution in [1.29, 1.82) is 0 Å². The fourth-order valence-corrected chi connectivity index (χ4v) is 4.97. The second-order valence-electron chi connectivity index (χ2n) is 8.58. The van der Waals surface area contributed by atoms with Crippen molar-refractivity contribution in [3.63, 3.8) is 0 Å². The highest BCUT2D eigenvalue weighted by Crippen LogP contribution is 2.40. The Labute approximate surface area is 171 Å². The lowest BCUT2D eigenvalue weighted by molar-refractivity contribution is 0.0756. The molecule has 1 aromatic carbocycles. The van der Waals surface area contributed by atoms with Crippen LogP contribution in [0.15, 0.2) is 24.3 Å². The summed E-state index contributed by atoms with van der Waals surface area (Å²) in [5, 5.41) is 10.7. The highest BCUT2D eigenvalue weighted by atomic mass is 35.5. The number of nitrogens with zero attached hydrogens (tertiary/aromatic N) is 2. The van der Waals surface area contributed by atoms with Crippen LogP contribution in [-0.4, -0.2) is 33.2 Å². The van der Waals surface area contributed by atoms with Gasteiger partial charge in [0.05, 0.1) is 0 Å². The molecule has 1 aromatic heterocycles. The number of nitrogens with two attached hydrogens (primary N) is 1. The van der Waals surface area contributed by atoms with Gasteiger partial charge in [0.25, 0.3) is 5.91 Å². The molecule has 150 valence electrons. The maximum atomic E-state index is 12.8. The van der Waals surface area contributed by atoms with Crippen molar-refractivity contribution in [2.45, 2.75) is 62.9 Å². The largest absolute Gasteiger partial charge is 0.349 e. The minimum atomic E-state index is 0. The van der Waals surface area contributed by atoms with Gasteiger partial charge in [-0.2, -0.15) is 5.10 Å². The Kier molecular flexibility index (Phi) is 5.43. The van der Waals surface area contributed by atoms with Gasteiger partial charge in [0, 0.05) is 29.1 Å². The summed E-state index contributed by atoms with van der Waals surface area (Å²) < 4.78 is 0. The molecule has 3 saturated carbocycles. The van der Waals surface area contributed by atoms with E-state index in [0.29, 0.717) is 35.2 Å². The maximum Gasteiger partial charge on any atom is 0.251 e. The molecule has 6 nitrogen and oxygen atoms in total. The topological polar surface area (TPSA) is 96.7 Å². The van der Waals surface area contributed by atoms with Crippen LogP contribution in [0.3, 0.4) is 0 Å². The summed E-state index contributed by atoms with van der Waals surface area (Å²) >= 11 is 0. The minimum Gasteiger partial charge on any atom is -0.349 e. The number of carbonyl (C=O) groups excluding carboxylic acids is 1. The number of aromatic amines is 1. The van der Waals surface area contributed by atoms with Crippen molar-refractivity contribution in [2.24, 2.45) is 17.6 Å². The molecule has 1 heterocycles. The Balaban J connectivity index is 0.00000192. The van der Waals surface area contributed by atoms with Crippen LogP contribution in [0.2, 0.25) is 0 Å². The van der Waals surface area contributed by atoms with Crippen LogP contribution in [0.25, 0.3) is 11.4 Å². The van der Waals surface area contributed by atoms with Gasteiger partial charge < -0.3 is 11.1 Å². The summed E-state index contributed by atoms with van der Waals surface area (Å²) in [6.45, 7) is 0. The number of hydrogen-bond acceptors (Lipinski definition) is 4. The van der Waals surface area contributed by atoms with Crippen LogP contribution >= 0.6 is 12.4 Å². The number of benzene rings is 1. The molecule has 1 amide bonds. The Morgan fingerprint density at radius 1 is 1.07 bits per heavy atom. The van der Waals surface area contributed by atoms with Gasteiger partial charge in [0.1, 0.15) is 5.82 Å². The van der Waals surface area contributed by atoms with E-state index >= 15 is 0 Å². The Hall–Kier alpha value is -1.92. The maximum absolute atomic E-state index is 12.8. The molecular formula is C21H28ClN5O. The highest BCUT2D eigenvalue weighted by molar-refractivity contribution is 5.94. The van der Waals surface area contributed by atoms with E-state index < -0.39 is 0 Å². The first-order chi connectivity index (χ1) is 13.2. The minimum absolute atomic E-state index is 0. The van der Waals surface area contributed by atoms with E-state index in [0.717, 1.165) is 24.2 Å². The summed E-state index contributed by atoms with van der Waals surface area (Å²) in [6, 6.07) is 8.21. The molecule has 2 atom stereocenters. The first-order valence-corrected chi connectivity index (χ1v) is 10.3. The third-order valence-electron chi connectivity index (χ3n) is 6.55. The van der Waals surface area contributed by atoms with Crippen molar-refractivity contribution < 1.29 is 4.79 Å². The van der Waals surface area contributed by atoms with Crippen molar-refractivity contribution >= 4 is 18.3 Å². The zero-order chi connectivity index (χ0) is 18.4. The molecule has 5 rings (SSSR count). The Morgan fingerprint density at radius 3 is 2.39 bits per heavy atom. The van der Waals surface area contributed by atoms with E-state index in [1.165, 1.54) is 32.1 Å². The van der Waals surface area contributed by atoms with Crippen LogP contribution in [0.1, 0.15) is 67.0 Å². The second-order valence-corrected chi connectivity index (χ2v) is 8.58. The SMILES string of the molecule is Cl.NC1CC2CCCC(C1)C2NC(=O)c1ccc(-c2n[nH]c(C3CC3)n2)cc1. The van der Waals surface area contributed by atoms with Crippen molar-refractivity contribution in [1.82, 2.24) is 20.5 Å². The van der Waals surface area contributed by atoms with E-state index in [4.69, 9.17) is 5.73 Å². The summed E-state index contributed by atoms with van der Waals surface area (Å²) in [7, 11) is 0. The number of hydrogen-bond donors (Lipinski definition) is 3. The highest BCUT2D eigenvalue weighted by Gasteiger charge is 2.40. The number of aromatic nitrogens is 3. The van der Waals surface area contributed by atoms with Crippen molar-refractivity contribution in [3.8, 4) is 11.4 Å². The third-order valence-corrected chi connectivity index (χ3v) is 6.55. The fourth-order valence-electron chi connectivity index (χ4n) is 4.97. The molecule has 2 unspecified atom stereocenters. The van der Waals surface area contributed by atoms with E-state index in [2.05, 4.69) is 20.5 Å². The quantitative estimate of drug-likeness (QED) is 0.731. The molecule has 0 saturated heterocycles. The third kappa shape index (κ3) is 3.80. The Bertz CT molecular complexity index is 818. The lowest BCUT2D eigenvalue weighted by Crippen LogP contribution is -2.53. The van der Waals surface area contributed by atoms with Crippen LogP contribution < -0.4 is 11.1 Å². The number of rotatable bonds is 4. The van der Waals surface area contributed by atoms with Crippen LogP contribution in [0.5, 0.6) is 0 Å². The van der Waals surface area contributed by atoms with Crippen molar-refractivity contribution in [2.75, 3.05) is 0 Å². The molecule has 2 bridgehead atoms. The van der Waals surface area contributed by atoms with Gasteiger partial charge in [-0.15, -0.1) is 12.4 Å². The first-order valence-electron chi connectivity index (χ1n) is 10.3. The summed E-state index contributed by atoms with van der Waals surface area (Å²) in [6.07, 6.45) is 8.10. The molecule has 4 N–H and O–H groups in total. The van der Waals surface area contributed by atoms with Crippen LogP contribution in [-0.2, 0) is 0 Å². The molecule has 0 spiro atoms. The van der Waals surface area contributed by atoms with Gasteiger partial charge in [-0.3, -0.25) is 9.89 Å². The van der Waals surface area contributed by atoms with Gasteiger partial charge in [-0.05, 0) is 62.5 Å². The summed E-state index contributed by atoms with van der Waals surface area (Å²) in [5.41, 5.74) is 7.84. The second kappa shape index (κ2) is 7.84. The van der Waals surface area contributed by atoms with Gasteiger partial charge >= 0.3 is 0 Å². The molecule has 3 aliphatic carbocycles. The molecule has 3 fully saturated rings. The van der Waals surface area contributed by atoms with E-state index in [-0.39, 0.29) is 24.4 Å². The predicted octanol–water partition coefficient (Wildman–Crippen LogP) is 3.41. The predicted molar refractivity (Wildman–Crippen MR) is 110 cm³/mol. The number of fused-ring (bicyclic) bond motifs is 2. The van der Waals surface area contributed by atoms with Crippen LogP contribution in [0, 0.1) is 11.8 Å². The Morgan fingerprint density at radius 2 is 1.75 bits per heavy atom. The van der Waals surface area contributed by atoms with Gasteiger partial charge in [-0.25, -0.2) is 4.98 Å². The molecule has 3 aliphatic rings. The molecular weight excluding hydrogens is 374 g/mol. The fraction of sp³-hybridized carbons (Fsp3) is 0.571. The van der Waals surface area contributed by atoms with Gasteiger partial charge in [-0.1, -0.05) is 18.6 Å². The average molecular weight is 402 g/mol. The standard InChI is InChI=1S/C21H27N5O.ClH/c22-17-10-15-2-1-3-16(11-17)18(15)23-21(27)14-8-6-13(7-9-14)20-24-19(25-26-20)12-4-5-12;/h6-9,12,15-18H,1-5,10-11,22H2,(H,23,27)(H,24,25,26);1H. The van der Waals surface area contributed by atoms with Crippen molar-refractivity contribution in [3.05, 3.63) is 35.7 Å². The molecule has 28 heavy (non-hydrogen) atoms. The number of nitrogens with one attached hydrogen (secondary N) is 2. The number of amides is 1. The monoisotopic (exact) mass is 401 g/mol. The smallest absolute Gasteiger partial charge is 0.251 e. The summed E-state index contributed by atoms with van der Waals surface area (Å²) in [5.74, 6) is 3.33. The number of H-pyrrole nitrogens is 1.